The van der Waals surface area contributed by atoms with Gasteiger partial charge in [-0.05, 0) is 30.5 Å². The molecule has 0 spiro atoms. The second kappa shape index (κ2) is 7.22. The van der Waals surface area contributed by atoms with E-state index in [-0.39, 0.29) is 11.6 Å². The van der Waals surface area contributed by atoms with Crippen molar-refractivity contribution in [3.05, 3.63) is 46.9 Å². The Bertz CT molecular complexity index is 656. The summed E-state index contributed by atoms with van der Waals surface area (Å²) in [5, 5.41) is 6.51. The molecule has 1 heterocycles. The van der Waals surface area contributed by atoms with Gasteiger partial charge in [-0.2, -0.15) is 0 Å². The van der Waals surface area contributed by atoms with Crippen LogP contribution in [0.4, 0.5) is 11.5 Å². The van der Waals surface area contributed by atoms with Crippen molar-refractivity contribution in [3.8, 4) is 0 Å². The van der Waals surface area contributed by atoms with E-state index >= 15 is 0 Å². The van der Waals surface area contributed by atoms with Gasteiger partial charge in [0, 0.05) is 17.3 Å². The molecule has 1 amide bonds. The summed E-state index contributed by atoms with van der Waals surface area (Å²) in [5.41, 5.74) is 1.84. The lowest BCUT2D eigenvalue weighted by Crippen LogP contribution is -2.15. The molecule has 2 aromatic rings. The van der Waals surface area contributed by atoms with Crippen LogP contribution >= 0.6 is 11.6 Å². The molecule has 2 N–H and O–H groups in total. The molecule has 1 aromatic heterocycles. The molecule has 1 aromatic carbocycles. The van der Waals surface area contributed by atoms with E-state index in [0.717, 1.165) is 12.1 Å². The molecule has 0 unspecified atom stereocenters. The average Bonchev–Trinajstić information content (AvgIpc) is 2.49. The van der Waals surface area contributed by atoms with Crippen LogP contribution in [0.5, 0.6) is 0 Å². The molecule has 22 heavy (non-hydrogen) atoms. The highest BCUT2D eigenvalue weighted by Gasteiger charge is 2.09. The Hall–Kier alpha value is -2.14. The van der Waals surface area contributed by atoms with E-state index in [1.807, 2.05) is 13.0 Å². The lowest BCUT2D eigenvalue weighted by Gasteiger charge is -2.09. The van der Waals surface area contributed by atoms with Gasteiger partial charge < -0.3 is 10.6 Å². The maximum Gasteiger partial charge on any atom is 0.275 e. The van der Waals surface area contributed by atoms with E-state index in [1.165, 1.54) is 6.20 Å². The Morgan fingerprint density at radius 2 is 2.05 bits per heavy atom. The van der Waals surface area contributed by atoms with E-state index in [9.17, 15) is 4.79 Å². The van der Waals surface area contributed by atoms with Crippen molar-refractivity contribution in [2.75, 3.05) is 17.2 Å². The number of halogens is 1. The monoisotopic (exact) mass is 318 g/mol. The molecule has 0 saturated carbocycles. The number of benzene rings is 1. The fourth-order valence-electron chi connectivity index (χ4n) is 1.71. The van der Waals surface area contributed by atoms with E-state index < -0.39 is 0 Å². The Balaban J connectivity index is 2.01. The van der Waals surface area contributed by atoms with Crippen molar-refractivity contribution in [3.63, 3.8) is 0 Å². The third-order valence-electron chi connectivity index (χ3n) is 3.01. The topological polar surface area (TPSA) is 66.9 Å². The molecule has 5 nitrogen and oxygen atoms in total. The van der Waals surface area contributed by atoms with E-state index in [1.54, 1.807) is 18.3 Å². The van der Waals surface area contributed by atoms with Crippen LogP contribution in [0.25, 0.3) is 0 Å². The van der Waals surface area contributed by atoms with Gasteiger partial charge in [-0.25, -0.2) is 9.97 Å². The number of carbonyl (C=O) groups is 1. The predicted octanol–water partition coefficient (Wildman–Crippen LogP) is 3.76. The summed E-state index contributed by atoms with van der Waals surface area (Å²) >= 11 is 6.04. The zero-order chi connectivity index (χ0) is 16.1. The molecule has 0 aliphatic carbocycles. The quantitative estimate of drug-likeness (QED) is 0.881. The number of hydrogen-bond donors (Lipinski definition) is 2. The summed E-state index contributed by atoms with van der Waals surface area (Å²) in [5.74, 6) is 0.850. The lowest BCUT2D eigenvalue weighted by molar-refractivity contribution is 0.102. The molecule has 6 heteroatoms. The number of carbonyl (C=O) groups excluding carboxylic acids is 1. The van der Waals surface area contributed by atoms with Gasteiger partial charge in [0.1, 0.15) is 11.5 Å². The Labute approximate surface area is 135 Å². The van der Waals surface area contributed by atoms with Gasteiger partial charge in [0.15, 0.2) is 0 Å². The first-order valence-electron chi connectivity index (χ1n) is 7.09. The van der Waals surface area contributed by atoms with Gasteiger partial charge in [0.25, 0.3) is 5.91 Å². The minimum Gasteiger partial charge on any atom is -0.369 e. The van der Waals surface area contributed by atoms with Gasteiger partial charge in [-0.1, -0.05) is 31.5 Å². The normalized spacial score (nSPS) is 10.6. The van der Waals surface area contributed by atoms with Crippen LogP contribution in [-0.4, -0.2) is 22.4 Å². The van der Waals surface area contributed by atoms with E-state index in [4.69, 9.17) is 11.6 Å². The molecule has 0 saturated heterocycles. The van der Waals surface area contributed by atoms with Crippen LogP contribution in [0.15, 0.2) is 30.6 Å². The van der Waals surface area contributed by atoms with Crippen molar-refractivity contribution in [2.45, 2.75) is 20.8 Å². The summed E-state index contributed by atoms with van der Waals surface area (Å²) in [6.07, 6.45) is 3.01. The molecule has 0 atom stereocenters. The van der Waals surface area contributed by atoms with Crippen molar-refractivity contribution >= 4 is 29.0 Å². The van der Waals surface area contributed by atoms with Crippen LogP contribution in [-0.2, 0) is 0 Å². The molecule has 2 rings (SSSR count). The number of aromatic nitrogens is 2. The number of rotatable bonds is 5. The third-order valence-corrected chi connectivity index (χ3v) is 3.41. The van der Waals surface area contributed by atoms with Gasteiger partial charge in [-0.15, -0.1) is 0 Å². The third kappa shape index (κ3) is 4.43. The first-order valence-corrected chi connectivity index (χ1v) is 7.47. The number of nitrogens with one attached hydrogen (secondary N) is 2. The maximum absolute atomic E-state index is 12.1. The van der Waals surface area contributed by atoms with Crippen LogP contribution in [0.2, 0.25) is 5.02 Å². The number of anilines is 2. The number of nitrogens with zero attached hydrogens (tertiary/aromatic N) is 2. The second-order valence-electron chi connectivity index (χ2n) is 5.48. The Kier molecular flexibility index (Phi) is 5.33. The smallest absolute Gasteiger partial charge is 0.275 e. The van der Waals surface area contributed by atoms with Crippen LogP contribution in [0, 0.1) is 12.8 Å². The highest BCUT2D eigenvalue weighted by Crippen LogP contribution is 2.20. The summed E-state index contributed by atoms with van der Waals surface area (Å²) in [6, 6.07) is 5.36. The number of hydrogen-bond acceptors (Lipinski definition) is 4. The summed E-state index contributed by atoms with van der Waals surface area (Å²) in [4.78, 5) is 20.4. The lowest BCUT2D eigenvalue weighted by atomic mass is 10.2. The number of aryl methyl sites for hydroxylation is 1. The first-order chi connectivity index (χ1) is 10.5. The van der Waals surface area contributed by atoms with Crippen molar-refractivity contribution in [1.82, 2.24) is 9.97 Å². The second-order valence-corrected chi connectivity index (χ2v) is 5.89. The van der Waals surface area contributed by atoms with Crippen LogP contribution in [0.1, 0.15) is 29.9 Å². The zero-order valence-corrected chi connectivity index (χ0v) is 13.6. The largest absolute Gasteiger partial charge is 0.369 e. The fourth-order valence-corrected chi connectivity index (χ4v) is 1.89. The summed E-state index contributed by atoms with van der Waals surface area (Å²) in [7, 11) is 0. The van der Waals surface area contributed by atoms with Crippen LogP contribution < -0.4 is 10.6 Å². The van der Waals surface area contributed by atoms with Crippen LogP contribution in [0.3, 0.4) is 0 Å². The zero-order valence-electron chi connectivity index (χ0n) is 12.9. The van der Waals surface area contributed by atoms with Gasteiger partial charge >= 0.3 is 0 Å². The molecule has 0 fully saturated rings. The average molecular weight is 319 g/mol. The molecule has 0 aliphatic heterocycles. The maximum atomic E-state index is 12.1. The highest BCUT2D eigenvalue weighted by atomic mass is 35.5. The minimum atomic E-state index is -0.317. The first kappa shape index (κ1) is 16.2. The SMILES string of the molecule is Cc1ccc(NC(=O)c2cnc(NCC(C)C)cn2)cc1Cl. The molecule has 0 bridgehead atoms. The van der Waals surface area contributed by atoms with Gasteiger partial charge in [0.2, 0.25) is 0 Å². The van der Waals surface area contributed by atoms with Crippen molar-refractivity contribution < 1.29 is 4.79 Å². The van der Waals surface area contributed by atoms with E-state index in [2.05, 4.69) is 34.4 Å². The molecule has 116 valence electrons. The summed E-state index contributed by atoms with van der Waals surface area (Å²) < 4.78 is 0. The number of amides is 1. The molecular weight excluding hydrogens is 300 g/mol. The predicted molar refractivity (Wildman–Crippen MR) is 89.5 cm³/mol. The highest BCUT2D eigenvalue weighted by molar-refractivity contribution is 6.31. The molecule has 0 radical (unpaired) electrons. The van der Waals surface area contributed by atoms with Gasteiger partial charge in [-0.3, -0.25) is 4.79 Å². The standard InChI is InChI=1S/C16H19ClN4O/c1-10(2)7-19-15-9-18-14(8-20-15)16(22)21-12-5-4-11(3)13(17)6-12/h4-6,8-10H,7H2,1-3H3,(H,19,20)(H,21,22). The fraction of sp³-hybridized carbons (Fsp3) is 0.312. The van der Waals surface area contributed by atoms with Crippen molar-refractivity contribution in [1.29, 1.82) is 0 Å². The molecule has 0 aliphatic rings. The van der Waals surface area contributed by atoms with Crippen molar-refractivity contribution in [2.24, 2.45) is 5.92 Å². The van der Waals surface area contributed by atoms with E-state index in [0.29, 0.717) is 22.4 Å². The summed E-state index contributed by atoms with van der Waals surface area (Å²) in [6.45, 7) is 6.92. The van der Waals surface area contributed by atoms with Gasteiger partial charge in [0.05, 0.1) is 12.4 Å². The Morgan fingerprint density at radius 1 is 1.27 bits per heavy atom. The molecular formula is C16H19ClN4O. The minimum absolute atomic E-state index is 0.256. The Morgan fingerprint density at radius 3 is 2.64 bits per heavy atom.